The highest BCUT2D eigenvalue weighted by molar-refractivity contribution is 6.32. The molecule has 2 aromatic heterocycles. The van der Waals surface area contributed by atoms with Crippen molar-refractivity contribution < 1.29 is 9.57 Å². The molecule has 198 valence electrons. The second-order valence-electron chi connectivity index (χ2n) is 8.45. The van der Waals surface area contributed by atoms with Crippen LogP contribution in [0.2, 0.25) is 10.0 Å². The molecule has 0 fully saturated rings. The van der Waals surface area contributed by atoms with E-state index in [1.54, 1.807) is 48.7 Å². The van der Waals surface area contributed by atoms with Crippen molar-refractivity contribution in [2.24, 2.45) is 5.16 Å². The number of allylic oxidation sites excluding steroid dienone is 2. The average molecular weight is 569 g/mol. The summed E-state index contributed by atoms with van der Waals surface area (Å²) in [5.74, 6) is 1.17. The van der Waals surface area contributed by atoms with Crippen molar-refractivity contribution in [2.45, 2.75) is 6.73 Å². The second kappa shape index (κ2) is 12.9. The fourth-order valence-corrected chi connectivity index (χ4v) is 4.03. The lowest BCUT2D eigenvalue weighted by Crippen LogP contribution is -2.21. The van der Waals surface area contributed by atoms with Gasteiger partial charge in [-0.2, -0.15) is 0 Å². The molecule has 0 unspecified atom stereocenters. The van der Waals surface area contributed by atoms with E-state index in [1.165, 1.54) is 10.9 Å². The van der Waals surface area contributed by atoms with Gasteiger partial charge in [-0.1, -0.05) is 64.8 Å². The fraction of sp³-hybridized carbons (Fsp3) is 0.0323. The van der Waals surface area contributed by atoms with E-state index < -0.39 is 0 Å². The first-order chi connectivity index (χ1) is 19.6. The molecule has 9 heteroatoms. The third kappa shape index (κ3) is 6.83. The maximum Gasteiger partial charge on any atom is 0.264 e. The first kappa shape index (κ1) is 26.9. The van der Waals surface area contributed by atoms with E-state index >= 15 is 0 Å². The average Bonchev–Trinajstić information content (AvgIpc) is 2.98. The van der Waals surface area contributed by atoms with Crippen molar-refractivity contribution in [1.29, 1.82) is 0 Å². The Morgan fingerprint density at radius 2 is 1.65 bits per heavy atom. The topological polar surface area (TPSA) is 78.6 Å². The molecule has 0 aliphatic heterocycles. The van der Waals surface area contributed by atoms with Gasteiger partial charge in [0, 0.05) is 16.8 Å². The van der Waals surface area contributed by atoms with Gasteiger partial charge in [0.1, 0.15) is 23.5 Å². The molecule has 0 saturated carbocycles. The molecular formula is C31H22Cl2N4O3. The molecule has 5 aromatic rings. The van der Waals surface area contributed by atoms with Crippen LogP contribution in [0.25, 0.3) is 23.1 Å². The quantitative estimate of drug-likeness (QED) is 0.135. The van der Waals surface area contributed by atoms with Crippen LogP contribution in [0.5, 0.6) is 11.5 Å². The van der Waals surface area contributed by atoms with Crippen LogP contribution in [-0.4, -0.2) is 20.2 Å². The summed E-state index contributed by atoms with van der Waals surface area (Å²) in [6.07, 6.45) is 10.3. The van der Waals surface area contributed by atoms with Crippen molar-refractivity contribution in [1.82, 2.24) is 14.5 Å². The van der Waals surface area contributed by atoms with Gasteiger partial charge >= 0.3 is 0 Å². The molecule has 0 radical (unpaired) electrons. The van der Waals surface area contributed by atoms with E-state index in [0.717, 1.165) is 11.3 Å². The van der Waals surface area contributed by atoms with Crippen molar-refractivity contribution >= 4 is 52.0 Å². The van der Waals surface area contributed by atoms with Crippen LogP contribution in [0.1, 0.15) is 11.3 Å². The van der Waals surface area contributed by atoms with E-state index in [1.807, 2.05) is 66.7 Å². The Morgan fingerprint density at radius 3 is 2.48 bits per heavy atom. The number of hydrogen-bond donors (Lipinski definition) is 0. The second-order valence-corrected chi connectivity index (χ2v) is 9.29. The maximum atomic E-state index is 12.9. The third-order valence-electron chi connectivity index (χ3n) is 5.67. The summed E-state index contributed by atoms with van der Waals surface area (Å²) in [7, 11) is 0. The molecular weight excluding hydrogens is 547 g/mol. The summed E-state index contributed by atoms with van der Waals surface area (Å²) in [6.45, 7) is -0.144. The molecule has 0 aliphatic carbocycles. The lowest BCUT2D eigenvalue weighted by atomic mass is 10.1. The molecule has 0 amide bonds. The van der Waals surface area contributed by atoms with Gasteiger partial charge in [-0.05, 0) is 72.8 Å². The highest BCUT2D eigenvalue weighted by Crippen LogP contribution is 2.31. The zero-order valence-corrected chi connectivity index (χ0v) is 22.5. The van der Waals surface area contributed by atoms with Crippen LogP contribution in [0.3, 0.4) is 0 Å². The zero-order chi connectivity index (χ0) is 27.7. The van der Waals surface area contributed by atoms with Crippen LogP contribution in [-0.2, 0) is 11.6 Å². The summed E-state index contributed by atoms with van der Waals surface area (Å²) in [4.78, 5) is 27.0. The van der Waals surface area contributed by atoms with Crippen molar-refractivity contribution in [3.05, 3.63) is 141 Å². The number of rotatable bonds is 9. The number of fused-ring (bicyclic) bond motifs is 1. The monoisotopic (exact) mass is 568 g/mol. The van der Waals surface area contributed by atoms with E-state index in [9.17, 15) is 4.79 Å². The SMILES string of the molecule is O=c1c2cc(Cl)ccc2ncn1CO/N=C(\C=C\c1ccccn1)/C=C/c1ccccc1Oc1ccccc1Cl. The largest absolute Gasteiger partial charge is 0.455 e. The minimum atomic E-state index is -0.283. The number of pyridine rings is 1. The fourth-order valence-electron chi connectivity index (χ4n) is 3.68. The first-order valence-electron chi connectivity index (χ1n) is 12.2. The summed E-state index contributed by atoms with van der Waals surface area (Å²) in [5, 5.41) is 5.61. The molecule has 0 bridgehead atoms. The van der Waals surface area contributed by atoms with E-state index in [4.69, 9.17) is 32.8 Å². The standard InChI is InChI=1S/C31H22Cl2N4O3/c32-23-13-17-28-26(19-23)31(38)37(20-35-28)21-39-36-25(16-15-24-8-5-6-18-34-24)14-12-22-7-1-3-10-29(22)40-30-11-4-2-9-27(30)33/h1-20H,21H2/b14-12+,16-15+,36-25-. The summed E-state index contributed by atoms with van der Waals surface area (Å²) >= 11 is 12.3. The highest BCUT2D eigenvalue weighted by Gasteiger charge is 2.07. The number of nitrogens with zero attached hydrogens (tertiary/aromatic N) is 4. The Balaban J connectivity index is 1.40. The molecule has 0 aliphatic rings. The molecule has 3 aromatic carbocycles. The van der Waals surface area contributed by atoms with Gasteiger partial charge in [0.05, 0.1) is 21.6 Å². The minimum absolute atomic E-state index is 0.144. The predicted octanol–water partition coefficient (Wildman–Crippen LogP) is 7.65. The lowest BCUT2D eigenvalue weighted by Gasteiger charge is -2.10. The van der Waals surface area contributed by atoms with Gasteiger partial charge < -0.3 is 9.57 Å². The van der Waals surface area contributed by atoms with Gasteiger partial charge in [-0.3, -0.25) is 14.3 Å². The molecule has 7 nitrogen and oxygen atoms in total. The molecule has 0 saturated heterocycles. The number of ether oxygens (including phenoxy) is 1. The van der Waals surface area contributed by atoms with Crippen LogP contribution in [0, 0.1) is 0 Å². The molecule has 0 spiro atoms. The Bertz CT molecular complexity index is 1780. The number of halogens is 2. The normalized spacial score (nSPS) is 11.9. The van der Waals surface area contributed by atoms with Gasteiger partial charge in [0.2, 0.25) is 0 Å². The smallest absolute Gasteiger partial charge is 0.264 e. The van der Waals surface area contributed by atoms with Crippen LogP contribution in [0.4, 0.5) is 0 Å². The lowest BCUT2D eigenvalue weighted by molar-refractivity contribution is 0.0816. The summed E-state index contributed by atoms with van der Waals surface area (Å²) in [6, 6.07) is 25.4. The minimum Gasteiger partial charge on any atom is -0.455 e. The molecule has 2 heterocycles. The van der Waals surface area contributed by atoms with Gasteiger partial charge in [-0.15, -0.1) is 0 Å². The van der Waals surface area contributed by atoms with Crippen LogP contribution < -0.4 is 10.3 Å². The predicted molar refractivity (Wildman–Crippen MR) is 160 cm³/mol. The van der Waals surface area contributed by atoms with Gasteiger partial charge in [-0.25, -0.2) is 4.98 Å². The number of oxime groups is 1. The first-order valence-corrected chi connectivity index (χ1v) is 13.0. The zero-order valence-electron chi connectivity index (χ0n) is 21.0. The molecule has 5 rings (SSSR count). The Labute approximate surface area is 240 Å². The highest BCUT2D eigenvalue weighted by atomic mass is 35.5. The Morgan fingerprint density at radius 1 is 0.875 bits per heavy atom. The number of hydrogen-bond acceptors (Lipinski definition) is 6. The Hall–Kier alpha value is -4.72. The third-order valence-corrected chi connectivity index (χ3v) is 6.22. The summed E-state index contributed by atoms with van der Waals surface area (Å²) < 4.78 is 7.38. The summed E-state index contributed by atoms with van der Waals surface area (Å²) in [5.41, 5.74) is 2.29. The van der Waals surface area contributed by atoms with Crippen molar-refractivity contribution in [2.75, 3.05) is 0 Å². The van der Waals surface area contributed by atoms with Crippen LogP contribution >= 0.6 is 23.2 Å². The Kier molecular flexibility index (Phi) is 8.66. The number of aromatic nitrogens is 3. The number of para-hydroxylation sites is 2. The van der Waals surface area contributed by atoms with Gasteiger partial charge in [0.15, 0.2) is 6.73 Å². The molecule has 0 atom stereocenters. The van der Waals surface area contributed by atoms with Crippen molar-refractivity contribution in [3.63, 3.8) is 0 Å². The molecule has 0 N–H and O–H groups in total. The van der Waals surface area contributed by atoms with Crippen LogP contribution in [0.15, 0.2) is 120 Å². The number of benzene rings is 3. The van der Waals surface area contributed by atoms with Gasteiger partial charge in [0.25, 0.3) is 5.56 Å². The molecule has 40 heavy (non-hydrogen) atoms. The van der Waals surface area contributed by atoms with E-state index in [2.05, 4.69) is 15.1 Å². The maximum absolute atomic E-state index is 12.9. The van der Waals surface area contributed by atoms with Crippen molar-refractivity contribution in [3.8, 4) is 11.5 Å². The van der Waals surface area contributed by atoms with E-state index in [0.29, 0.717) is 38.2 Å². The van der Waals surface area contributed by atoms with E-state index in [-0.39, 0.29) is 12.3 Å².